The second kappa shape index (κ2) is 2.83. The van der Waals surface area contributed by atoms with Crippen molar-refractivity contribution in [3.05, 3.63) is 0 Å². The van der Waals surface area contributed by atoms with Crippen molar-refractivity contribution in [2.45, 2.75) is 33.1 Å². The molecule has 15 heavy (non-hydrogen) atoms. The van der Waals surface area contributed by atoms with Gasteiger partial charge in [-0.05, 0) is 24.2 Å². The lowest BCUT2D eigenvalue weighted by Gasteiger charge is -2.35. The molecule has 1 N–H and O–H groups in total. The third-order valence-electron chi connectivity index (χ3n) is 4.68. The van der Waals surface area contributed by atoms with E-state index in [0.29, 0.717) is 6.42 Å². The first-order valence-electron chi connectivity index (χ1n) is 5.17. The summed E-state index contributed by atoms with van der Waals surface area (Å²) in [5, 5.41) is 0. The summed E-state index contributed by atoms with van der Waals surface area (Å²) in [4.78, 5) is 11.8. The molecule has 0 aromatic carbocycles. The highest BCUT2D eigenvalue weighted by Crippen LogP contribution is 2.64. The first kappa shape index (κ1) is 11.1. The normalized spacial score (nSPS) is 45.0. The van der Waals surface area contributed by atoms with Crippen LogP contribution in [0.15, 0.2) is 0 Å². The molecule has 0 heterocycles. The summed E-state index contributed by atoms with van der Waals surface area (Å²) in [6.07, 6.45) is 2.12. The Morgan fingerprint density at radius 2 is 2.07 bits per heavy atom. The predicted molar refractivity (Wildman–Crippen MR) is 55.0 cm³/mol. The van der Waals surface area contributed by atoms with Crippen molar-refractivity contribution in [1.82, 2.24) is 0 Å². The number of Topliss-reactive ketones (excluding diaryl/α,β-unsaturated/α-hetero) is 1. The Balaban J connectivity index is 2.41. The van der Waals surface area contributed by atoms with Gasteiger partial charge < -0.3 is 0 Å². The molecule has 0 spiro atoms. The smallest absolute Gasteiger partial charge is 0.265 e. The SMILES string of the molecule is C[C@@]12CC[C@H](CC1=O)[C@@]2(C)CS(=O)(=O)O. The van der Waals surface area contributed by atoms with Crippen LogP contribution in [0.1, 0.15) is 33.1 Å². The van der Waals surface area contributed by atoms with Gasteiger partial charge in [-0.2, -0.15) is 8.42 Å². The second-order valence-electron chi connectivity index (χ2n) is 5.34. The summed E-state index contributed by atoms with van der Waals surface area (Å²) in [6, 6.07) is 0. The molecule has 2 rings (SSSR count). The van der Waals surface area contributed by atoms with E-state index >= 15 is 0 Å². The minimum absolute atomic E-state index is 0.122. The molecule has 0 radical (unpaired) electrons. The Labute approximate surface area is 89.8 Å². The molecule has 5 heteroatoms. The average Bonchev–Trinajstić information content (AvgIpc) is 2.35. The molecule has 2 aliphatic rings. The van der Waals surface area contributed by atoms with E-state index < -0.39 is 20.9 Å². The van der Waals surface area contributed by atoms with Gasteiger partial charge in [0.05, 0.1) is 5.75 Å². The highest BCUT2D eigenvalue weighted by atomic mass is 32.2. The van der Waals surface area contributed by atoms with Gasteiger partial charge in [0, 0.05) is 11.8 Å². The predicted octanol–water partition coefficient (Wildman–Crippen LogP) is 1.27. The van der Waals surface area contributed by atoms with Gasteiger partial charge in [0.15, 0.2) is 0 Å². The maximum atomic E-state index is 11.8. The van der Waals surface area contributed by atoms with Crippen molar-refractivity contribution >= 4 is 15.9 Å². The summed E-state index contributed by atoms with van der Waals surface area (Å²) in [5.41, 5.74) is -1.12. The number of carbonyl (C=O) groups excluding carboxylic acids is 1. The molecule has 2 saturated carbocycles. The average molecular weight is 232 g/mol. The Morgan fingerprint density at radius 3 is 2.40 bits per heavy atom. The Kier molecular flexibility index (Phi) is 2.09. The summed E-state index contributed by atoms with van der Waals surface area (Å²) in [7, 11) is -4.01. The molecular formula is C10H16O4S. The van der Waals surface area contributed by atoms with Crippen LogP contribution in [0.25, 0.3) is 0 Å². The Bertz CT molecular complexity index is 413. The van der Waals surface area contributed by atoms with E-state index in [1.165, 1.54) is 0 Å². The third kappa shape index (κ3) is 1.36. The maximum absolute atomic E-state index is 11.8. The van der Waals surface area contributed by atoms with Crippen molar-refractivity contribution in [1.29, 1.82) is 0 Å². The first-order valence-corrected chi connectivity index (χ1v) is 6.78. The van der Waals surface area contributed by atoms with Crippen molar-refractivity contribution < 1.29 is 17.8 Å². The number of ketones is 1. The van der Waals surface area contributed by atoms with Crippen LogP contribution in [0.2, 0.25) is 0 Å². The largest absolute Gasteiger partial charge is 0.299 e. The molecule has 0 unspecified atom stereocenters. The molecule has 0 saturated heterocycles. The van der Waals surface area contributed by atoms with Gasteiger partial charge in [-0.15, -0.1) is 0 Å². The number of fused-ring (bicyclic) bond motifs is 2. The zero-order valence-corrected chi connectivity index (χ0v) is 9.80. The van der Waals surface area contributed by atoms with Crippen LogP contribution < -0.4 is 0 Å². The first-order chi connectivity index (χ1) is 6.69. The van der Waals surface area contributed by atoms with E-state index in [4.69, 9.17) is 4.55 Å². The fourth-order valence-electron chi connectivity index (χ4n) is 3.41. The quantitative estimate of drug-likeness (QED) is 0.728. The number of rotatable bonds is 2. The lowest BCUT2D eigenvalue weighted by molar-refractivity contribution is -0.128. The molecule has 0 aromatic heterocycles. The fraction of sp³-hybridized carbons (Fsp3) is 0.900. The van der Waals surface area contributed by atoms with Crippen LogP contribution in [0.4, 0.5) is 0 Å². The van der Waals surface area contributed by atoms with Gasteiger partial charge in [-0.1, -0.05) is 13.8 Å². The molecule has 0 aliphatic heterocycles. The van der Waals surface area contributed by atoms with Gasteiger partial charge in [0.2, 0.25) is 0 Å². The van der Waals surface area contributed by atoms with E-state index in [9.17, 15) is 13.2 Å². The van der Waals surface area contributed by atoms with Crippen LogP contribution in [0.5, 0.6) is 0 Å². The van der Waals surface area contributed by atoms with Gasteiger partial charge in [0.25, 0.3) is 10.1 Å². The lowest BCUT2D eigenvalue weighted by Crippen LogP contribution is -2.40. The molecule has 2 bridgehead atoms. The molecule has 0 amide bonds. The highest BCUT2D eigenvalue weighted by Gasteiger charge is 2.64. The molecule has 2 fully saturated rings. The van der Waals surface area contributed by atoms with Gasteiger partial charge in [0.1, 0.15) is 5.78 Å². The van der Waals surface area contributed by atoms with Gasteiger partial charge >= 0.3 is 0 Å². The summed E-state index contributed by atoms with van der Waals surface area (Å²) in [6.45, 7) is 3.66. The van der Waals surface area contributed by atoms with Crippen molar-refractivity contribution in [3.63, 3.8) is 0 Å². The van der Waals surface area contributed by atoms with E-state index in [1.54, 1.807) is 0 Å². The molecule has 0 aromatic rings. The van der Waals surface area contributed by atoms with E-state index in [2.05, 4.69) is 0 Å². The van der Waals surface area contributed by atoms with Crippen LogP contribution in [-0.2, 0) is 14.9 Å². The summed E-state index contributed by atoms with van der Waals surface area (Å²) < 4.78 is 31.0. The molecular weight excluding hydrogens is 216 g/mol. The van der Waals surface area contributed by atoms with Crippen molar-refractivity contribution in [3.8, 4) is 0 Å². The highest BCUT2D eigenvalue weighted by molar-refractivity contribution is 7.85. The second-order valence-corrected chi connectivity index (χ2v) is 6.79. The standard InChI is InChI=1S/C10H16O4S/c1-9-4-3-7(5-8(9)11)10(9,2)6-15(12,13)14/h7H,3-6H2,1-2H3,(H,12,13,14)/t7-,9-,10-/m1/s1. The van der Waals surface area contributed by atoms with Crippen LogP contribution in [0.3, 0.4) is 0 Å². The zero-order chi connectivity index (χ0) is 11.5. The zero-order valence-electron chi connectivity index (χ0n) is 8.99. The summed E-state index contributed by atoms with van der Waals surface area (Å²) >= 11 is 0. The van der Waals surface area contributed by atoms with E-state index in [-0.39, 0.29) is 17.5 Å². The molecule has 4 nitrogen and oxygen atoms in total. The molecule has 86 valence electrons. The number of hydrogen-bond acceptors (Lipinski definition) is 3. The minimum Gasteiger partial charge on any atom is -0.299 e. The van der Waals surface area contributed by atoms with E-state index in [1.807, 2.05) is 13.8 Å². The Hall–Kier alpha value is -0.420. The molecule has 2 aliphatic carbocycles. The maximum Gasteiger partial charge on any atom is 0.265 e. The van der Waals surface area contributed by atoms with Crippen LogP contribution >= 0.6 is 0 Å². The Morgan fingerprint density at radius 1 is 1.47 bits per heavy atom. The minimum atomic E-state index is -4.01. The topological polar surface area (TPSA) is 71.4 Å². The fourth-order valence-corrected chi connectivity index (χ4v) is 4.72. The lowest BCUT2D eigenvalue weighted by atomic mass is 9.70. The van der Waals surface area contributed by atoms with Crippen LogP contribution in [-0.4, -0.2) is 24.5 Å². The monoisotopic (exact) mass is 232 g/mol. The van der Waals surface area contributed by atoms with E-state index in [0.717, 1.165) is 12.8 Å². The van der Waals surface area contributed by atoms with Crippen molar-refractivity contribution in [2.24, 2.45) is 16.7 Å². The third-order valence-corrected chi connectivity index (χ3v) is 5.65. The van der Waals surface area contributed by atoms with Gasteiger partial charge in [-0.25, -0.2) is 0 Å². The van der Waals surface area contributed by atoms with Crippen LogP contribution in [0, 0.1) is 16.7 Å². The summed E-state index contributed by atoms with van der Waals surface area (Å²) in [5.74, 6) is -0.00535. The van der Waals surface area contributed by atoms with Gasteiger partial charge in [-0.3, -0.25) is 9.35 Å². The molecule has 3 atom stereocenters. The number of carbonyl (C=O) groups is 1. The van der Waals surface area contributed by atoms with Crippen molar-refractivity contribution in [2.75, 3.05) is 5.75 Å². The number of hydrogen-bond donors (Lipinski definition) is 1.